The number of hydrogen-bond acceptors (Lipinski definition) is 2. The van der Waals surface area contributed by atoms with Crippen LogP contribution in [-0.2, 0) is 0 Å². The van der Waals surface area contributed by atoms with Gasteiger partial charge in [-0.3, -0.25) is 0 Å². The predicted octanol–water partition coefficient (Wildman–Crippen LogP) is 4.58. The second-order valence-electron chi connectivity index (χ2n) is 4.92. The third-order valence-corrected chi connectivity index (χ3v) is 3.26. The standard InChI is InChI=1S/C16H27NO/c1-3-5-7-12-17(13-8-6-4-2)15-10-9-11-16(18)14-15/h9-11,14,18H,3-8,12-13H2,1-2H3. The Labute approximate surface area is 112 Å². The highest BCUT2D eigenvalue weighted by molar-refractivity contribution is 5.50. The molecule has 0 aliphatic carbocycles. The van der Waals surface area contributed by atoms with Crippen LogP contribution in [0.5, 0.6) is 5.75 Å². The quantitative estimate of drug-likeness (QED) is 0.648. The number of phenols is 1. The molecule has 0 amide bonds. The van der Waals surface area contributed by atoms with Gasteiger partial charge in [0.05, 0.1) is 0 Å². The lowest BCUT2D eigenvalue weighted by Crippen LogP contribution is -2.25. The van der Waals surface area contributed by atoms with Gasteiger partial charge >= 0.3 is 0 Å². The Morgan fingerprint density at radius 1 is 0.944 bits per heavy atom. The Morgan fingerprint density at radius 2 is 1.56 bits per heavy atom. The first-order chi connectivity index (χ1) is 8.77. The van der Waals surface area contributed by atoms with Crippen LogP contribution in [0.15, 0.2) is 24.3 Å². The molecule has 1 N–H and O–H groups in total. The third kappa shape index (κ3) is 5.44. The van der Waals surface area contributed by atoms with Crippen molar-refractivity contribution in [2.24, 2.45) is 0 Å². The molecule has 0 aliphatic rings. The van der Waals surface area contributed by atoms with Gasteiger partial charge < -0.3 is 10.0 Å². The summed E-state index contributed by atoms with van der Waals surface area (Å²) in [5.41, 5.74) is 1.15. The van der Waals surface area contributed by atoms with Gasteiger partial charge in [0.25, 0.3) is 0 Å². The molecule has 2 heteroatoms. The van der Waals surface area contributed by atoms with Crippen LogP contribution in [-0.4, -0.2) is 18.2 Å². The molecule has 0 radical (unpaired) electrons. The zero-order valence-corrected chi connectivity index (χ0v) is 11.9. The molecule has 0 unspecified atom stereocenters. The van der Waals surface area contributed by atoms with Crippen LogP contribution in [0.25, 0.3) is 0 Å². The van der Waals surface area contributed by atoms with E-state index in [1.54, 1.807) is 6.07 Å². The zero-order valence-electron chi connectivity index (χ0n) is 11.9. The number of hydrogen-bond donors (Lipinski definition) is 1. The second kappa shape index (κ2) is 8.84. The number of phenolic OH excluding ortho intramolecular Hbond substituents is 1. The maximum absolute atomic E-state index is 9.58. The molecule has 0 saturated carbocycles. The van der Waals surface area contributed by atoms with E-state index in [0.29, 0.717) is 5.75 Å². The van der Waals surface area contributed by atoms with Crippen molar-refractivity contribution in [3.8, 4) is 5.75 Å². The molecule has 0 aromatic heterocycles. The van der Waals surface area contributed by atoms with Crippen LogP contribution in [0.3, 0.4) is 0 Å². The van der Waals surface area contributed by atoms with E-state index in [2.05, 4.69) is 24.8 Å². The van der Waals surface area contributed by atoms with Crippen LogP contribution in [0.4, 0.5) is 5.69 Å². The molecular weight excluding hydrogens is 222 g/mol. The van der Waals surface area contributed by atoms with Crippen molar-refractivity contribution in [3.05, 3.63) is 24.3 Å². The van der Waals surface area contributed by atoms with E-state index < -0.39 is 0 Å². The minimum Gasteiger partial charge on any atom is -0.508 e. The molecule has 18 heavy (non-hydrogen) atoms. The van der Waals surface area contributed by atoms with Gasteiger partial charge in [0.2, 0.25) is 0 Å². The van der Waals surface area contributed by atoms with Gasteiger partial charge in [0.1, 0.15) is 5.75 Å². The average Bonchev–Trinajstić information content (AvgIpc) is 2.37. The molecule has 1 aromatic rings. The summed E-state index contributed by atoms with van der Waals surface area (Å²) in [6.07, 6.45) is 7.54. The second-order valence-corrected chi connectivity index (χ2v) is 4.92. The van der Waals surface area contributed by atoms with Crippen LogP contribution in [0.2, 0.25) is 0 Å². The number of unbranched alkanes of at least 4 members (excludes halogenated alkanes) is 4. The Morgan fingerprint density at radius 3 is 2.06 bits per heavy atom. The van der Waals surface area contributed by atoms with Gasteiger partial charge in [-0.15, -0.1) is 0 Å². The Balaban J connectivity index is 2.57. The number of anilines is 1. The summed E-state index contributed by atoms with van der Waals surface area (Å²) in [7, 11) is 0. The zero-order chi connectivity index (χ0) is 13.2. The number of nitrogens with zero attached hydrogens (tertiary/aromatic N) is 1. The van der Waals surface area contributed by atoms with Crippen molar-refractivity contribution in [3.63, 3.8) is 0 Å². The molecule has 0 atom stereocenters. The van der Waals surface area contributed by atoms with Crippen LogP contribution in [0.1, 0.15) is 52.4 Å². The highest BCUT2D eigenvalue weighted by Gasteiger charge is 2.06. The highest BCUT2D eigenvalue weighted by atomic mass is 16.3. The Kier molecular flexibility index (Phi) is 7.31. The van der Waals surface area contributed by atoms with Crippen molar-refractivity contribution in [2.75, 3.05) is 18.0 Å². The maximum atomic E-state index is 9.58. The molecule has 0 fully saturated rings. The van der Waals surface area contributed by atoms with Gasteiger partial charge in [-0.05, 0) is 25.0 Å². The van der Waals surface area contributed by atoms with Crippen LogP contribution in [0, 0.1) is 0 Å². The first kappa shape index (κ1) is 14.9. The Hall–Kier alpha value is -1.18. The maximum Gasteiger partial charge on any atom is 0.117 e. The highest BCUT2D eigenvalue weighted by Crippen LogP contribution is 2.21. The first-order valence-corrected chi connectivity index (χ1v) is 7.32. The molecule has 0 spiro atoms. The largest absolute Gasteiger partial charge is 0.508 e. The summed E-state index contributed by atoms with van der Waals surface area (Å²) < 4.78 is 0. The van der Waals surface area contributed by atoms with Gasteiger partial charge in [-0.2, -0.15) is 0 Å². The van der Waals surface area contributed by atoms with E-state index in [1.165, 1.54) is 38.5 Å². The minimum absolute atomic E-state index is 0.364. The van der Waals surface area contributed by atoms with E-state index in [-0.39, 0.29) is 0 Å². The molecular formula is C16H27NO. The molecule has 0 heterocycles. The number of rotatable bonds is 9. The summed E-state index contributed by atoms with van der Waals surface area (Å²) in [5.74, 6) is 0.364. The van der Waals surface area contributed by atoms with Crippen LogP contribution >= 0.6 is 0 Å². The van der Waals surface area contributed by atoms with E-state index in [4.69, 9.17) is 0 Å². The number of aromatic hydroxyl groups is 1. The molecule has 102 valence electrons. The molecule has 0 saturated heterocycles. The van der Waals surface area contributed by atoms with Gasteiger partial charge in [-0.1, -0.05) is 45.6 Å². The summed E-state index contributed by atoms with van der Waals surface area (Å²) in [5, 5.41) is 9.58. The van der Waals surface area contributed by atoms with Crippen LogP contribution < -0.4 is 4.90 Å². The predicted molar refractivity (Wildman–Crippen MR) is 79.4 cm³/mol. The van der Waals surface area contributed by atoms with E-state index in [0.717, 1.165) is 18.8 Å². The van der Waals surface area contributed by atoms with Crippen molar-refractivity contribution >= 4 is 5.69 Å². The SMILES string of the molecule is CCCCCN(CCCCC)c1cccc(O)c1. The fraction of sp³-hybridized carbons (Fsp3) is 0.625. The minimum atomic E-state index is 0.364. The van der Waals surface area contributed by atoms with E-state index >= 15 is 0 Å². The third-order valence-electron chi connectivity index (χ3n) is 3.26. The smallest absolute Gasteiger partial charge is 0.117 e. The Bertz CT molecular complexity index is 315. The van der Waals surface area contributed by atoms with E-state index in [9.17, 15) is 5.11 Å². The first-order valence-electron chi connectivity index (χ1n) is 7.32. The monoisotopic (exact) mass is 249 g/mol. The van der Waals surface area contributed by atoms with Crippen molar-refractivity contribution in [2.45, 2.75) is 52.4 Å². The normalized spacial score (nSPS) is 10.6. The molecule has 0 aliphatic heterocycles. The number of benzene rings is 1. The summed E-state index contributed by atoms with van der Waals surface area (Å²) in [6, 6.07) is 7.63. The lowest BCUT2D eigenvalue weighted by Gasteiger charge is -2.25. The summed E-state index contributed by atoms with van der Waals surface area (Å²) in [6.45, 7) is 6.66. The summed E-state index contributed by atoms with van der Waals surface area (Å²) >= 11 is 0. The molecule has 2 nitrogen and oxygen atoms in total. The summed E-state index contributed by atoms with van der Waals surface area (Å²) in [4.78, 5) is 2.41. The van der Waals surface area contributed by atoms with Crippen molar-refractivity contribution < 1.29 is 5.11 Å². The molecule has 0 bridgehead atoms. The molecule has 1 rings (SSSR count). The van der Waals surface area contributed by atoms with Gasteiger partial charge in [0.15, 0.2) is 0 Å². The lowest BCUT2D eigenvalue weighted by atomic mass is 10.2. The van der Waals surface area contributed by atoms with E-state index in [1.807, 2.05) is 12.1 Å². The average molecular weight is 249 g/mol. The van der Waals surface area contributed by atoms with Gasteiger partial charge in [0, 0.05) is 24.8 Å². The van der Waals surface area contributed by atoms with Crippen molar-refractivity contribution in [1.29, 1.82) is 0 Å². The fourth-order valence-electron chi connectivity index (χ4n) is 2.17. The van der Waals surface area contributed by atoms with Gasteiger partial charge in [-0.25, -0.2) is 0 Å². The molecule has 1 aromatic carbocycles. The topological polar surface area (TPSA) is 23.5 Å². The fourth-order valence-corrected chi connectivity index (χ4v) is 2.17. The van der Waals surface area contributed by atoms with Crippen molar-refractivity contribution in [1.82, 2.24) is 0 Å². The lowest BCUT2D eigenvalue weighted by molar-refractivity contribution is 0.475.